The fourth-order valence-corrected chi connectivity index (χ4v) is 3.32. The number of halogens is 3. The van der Waals surface area contributed by atoms with Gasteiger partial charge in [0.05, 0.1) is 12.1 Å². The average Bonchev–Trinajstić information content (AvgIpc) is 3.30. The highest BCUT2D eigenvalue weighted by Crippen LogP contribution is 2.51. The Balaban J connectivity index is 1.70. The molecule has 0 unspecified atom stereocenters. The Morgan fingerprint density at radius 2 is 1.96 bits per heavy atom. The van der Waals surface area contributed by atoms with Crippen molar-refractivity contribution in [1.82, 2.24) is 4.90 Å². The topological polar surface area (TPSA) is 70.8 Å². The van der Waals surface area contributed by atoms with Gasteiger partial charge < -0.3 is 14.4 Å². The molecular formula is C19H18F3NO4. The maximum absolute atomic E-state index is 13.2. The van der Waals surface area contributed by atoms with Gasteiger partial charge in [-0.1, -0.05) is 18.2 Å². The number of hydrogen-bond donors (Lipinski definition) is 1. The molecule has 1 aliphatic rings. The molecule has 8 heteroatoms. The Labute approximate surface area is 153 Å². The number of carbonyl (C=O) groups excluding carboxylic acids is 1. The van der Waals surface area contributed by atoms with E-state index in [4.69, 9.17) is 9.52 Å². The van der Waals surface area contributed by atoms with Crippen LogP contribution in [0.5, 0.6) is 0 Å². The quantitative estimate of drug-likeness (QED) is 0.848. The van der Waals surface area contributed by atoms with Crippen molar-refractivity contribution in [1.29, 1.82) is 0 Å². The summed E-state index contributed by atoms with van der Waals surface area (Å²) < 4.78 is 44.8. The SMILES string of the molecule is Cc1oc(CN(C)C(=O)[C@H]2C[C@H]2c2ccccc2C(F)(F)F)cc1C(=O)O. The average molecular weight is 381 g/mol. The van der Waals surface area contributed by atoms with E-state index < -0.39 is 29.5 Å². The summed E-state index contributed by atoms with van der Waals surface area (Å²) in [7, 11) is 1.52. The zero-order chi connectivity index (χ0) is 19.9. The first-order chi connectivity index (χ1) is 12.6. The van der Waals surface area contributed by atoms with Crippen molar-refractivity contribution in [2.75, 3.05) is 7.05 Å². The summed E-state index contributed by atoms with van der Waals surface area (Å²) in [5.74, 6) is -1.85. The number of carboxylic acid groups (broad SMARTS) is 1. The molecule has 27 heavy (non-hydrogen) atoms. The Kier molecular flexibility index (Phi) is 4.75. The lowest BCUT2D eigenvalue weighted by molar-refractivity contribution is -0.138. The van der Waals surface area contributed by atoms with Gasteiger partial charge in [0.1, 0.15) is 17.1 Å². The van der Waals surface area contributed by atoms with Crippen LogP contribution in [0, 0.1) is 12.8 Å². The molecule has 1 heterocycles. The smallest absolute Gasteiger partial charge is 0.416 e. The second-order valence-corrected chi connectivity index (χ2v) is 6.72. The third kappa shape index (κ3) is 3.84. The number of aryl methyl sites for hydroxylation is 1. The Hall–Kier alpha value is -2.77. The summed E-state index contributed by atoms with van der Waals surface area (Å²) >= 11 is 0. The van der Waals surface area contributed by atoms with Gasteiger partial charge in [0.2, 0.25) is 5.91 Å². The van der Waals surface area contributed by atoms with Crippen molar-refractivity contribution in [3.05, 3.63) is 58.5 Å². The lowest BCUT2D eigenvalue weighted by atomic mass is 10.0. The monoisotopic (exact) mass is 381 g/mol. The van der Waals surface area contributed by atoms with Crippen molar-refractivity contribution in [3.8, 4) is 0 Å². The molecule has 1 aromatic carbocycles. The van der Waals surface area contributed by atoms with Gasteiger partial charge >= 0.3 is 12.1 Å². The first-order valence-corrected chi connectivity index (χ1v) is 8.33. The van der Waals surface area contributed by atoms with Gasteiger partial charge in [0.15, 0.2) is 0 Å². The van der Waals surface area contributed by atoms with Crippen molar-refractivity contribution in [3.63, 3.8) is 0 Å². The molecule has 0 saturated heterocycles. The van der Waals surface area contributed by atoms with Gasteiger partial charge in [-0.25, -0.2) is 4.79 Å². The van der Waals surface area contributed by atoms with Crippen LogP contribution in [0.3, 0.4) is 0 Å². The first-order valence-electron chi connectivity index (χ1n) is 8.33. The number of carbonyl (C=O) groups is 2. The number of hydrogen-bond acceptors (Lipinski definition) is 3. The molecule has 1 saturated carbocycles. The lowest BCUT2D eigenvalue weighted by Gasteiger charge is -2.17. The number of furan rings is 1. The van der Waals surface area contributed by atoms with E-state index in [9.17, 15) is 22.8 Å². The zero-order valence-corrected chi connectivity index (χ0v) is 14.7. The summed E-state index contributed by atoms with van der Waals surface area (Å²) in [4.78, 5) is 25.0. The van der Waals surface area contributed by atoms with E-state index in [1.165, 1.54) is 43.1 Å². The Bertz CT molecular complexity index is 887. The molecule has 0 spiro atoms. The molecular weight excluding hydrogens is 363 g/mol. The predicted molar refractivity (Wildman–Crippen MR) is 89.2 cm³/mol. The lowest BCUT2D eigenvalue weighted by Crippen LogP contribution is -2.28. The largest absolute Gasteiger partial charge is 0.478 e. The van der Waals surface area contributed by atoms with Crippen LogP contribution in [0.4, 0.5) is 13.2 Å². The minimum Gasteiger partial charge on any atom is -0.478 e. The highest BCUT2D eigenvalue weighted by molar-refractivity contribution is 5.89. The molecule has 0 radical (unpaired) electrons. The van der Waals surface area contributed by atoms with E-state index in [-0.39, 0.29) is 29.3 Å². The molecule has 2 atom stereocenters. The third-order valence-electron chi connectivity index (χ3n) is 4.74. The molecule has 1 amide bonds. The van der Waals surface area contributed by atoms with Crippen LogP contribution in [-0.2, 0) is 17.5 Å². The molecule has 1 aliphatic carbocycles. The molecule has 2 aromatic rings. The number of alkyl halides is 3. The maximum atomic E-state index is 13.2. The van der Waals surface area contributed by atoms with Gasteiger partial charge in [0, 0.05) is 13.0 Å². The summed E-state index contributed by atoms with van der Waals surface area (Å²) in [6.45, 7) is 1.57. The van der Waals surface area contributed by atoms with Crippen LogP contribution in [0.1, 0.15) is 45.3 Å². The highest BCUT2D eigenvalue weighted by Gasteiger charge is 2.48. The van der Waals surface area contributed by atoms with Gasteiger partial charge in [0.25, 0.3) is 0 Å². The fourth-order valence-electron chi connectivity index (χ4n) is 3.32. The van der Waals surface area contributed by atoms with E-state index in [1.54, 1.807) is 0 Å². The van der Waals surface area contributed by atoms with E-state index >= 15 is 0 Å². The summed E-state index contributed by atoms with van der Waals surface area (Å²) in [5.41, 5.74) is -0.547. The van der Waals surface area contributed by atoms with Crippen LogP contribution >= 0.6 is 0 Å². The molecule has 1 N–H and O–H groups in total. The van der Waals surface area contributed by atoms with Crippen LogP contribution in [0.15, 0.2) is 34.7 Å². The molecule has 5 nitrogen and oxygen atoms in total. The molecule has 0 aliphatic heterocycles. The minimum atomic E-state index is -4.46. The maximum Gasteiger partial charge on any atom is 0.416 e. The number of benzene rings is 1. The van der Waals surface area contributed by atoms with E-state index in [0.29, 0.717) is 12.2 Å². The second-order valence-electron chi connectivity index (χ2n) is 6.72. The van der Waals surface area contributed by atoms with Gasteiger partial charge in [-0.2, -0.15) is 13.2 Å². The summed E-state index contributed by atoms with van der Waals surface area (Å²) in [5, 5.41) is 9.04. The molecule has 0 bridgehead atoms. The van der Waals surface area contributed by atoms with Crippen molar-refractivity contribution in [2.45, 2.75) is 32.0 Å². The first kappa shape index (κ1) is 19.0. The zero-order valence-electron chi connectivity index (χ0n) is 14.7. The number of aromatic carboxylic acids is 1. The van der Waals surface area contributed by atoms with Crippen LogP contribution in [0.2, 0.25) is 0 Å². The van der Waals surface area contributed by atoms with Gasteiger partial charge in [-0.05, 0) is 37.0 Å². The summed E-state index contributed by atoms with van der Waals surface area (Å²) in [6, 6.07) is 6.66. The Morgan fingerprint density at radius 1 is 1.30 bits per heavy atom. The van der Waals surface area contributed by atoms with Crippen molar-refractivity contribution >= 4 is 11.9 Å². The van der Waals surface area contributed by atoms with Crippen LogP contribution < -0.4 is 0 Å². The fraction of sp³-hybridized carbons (Fsp3) is 0.368. The molecule has 144 valence electrons. The molecule has 3 rings (SSSR count). The number of nitrogens with zero attached hydrogens (tertiary/aromatic N) is 1. The van der Waals surface area contributed by atoms with Crippen molar-refractivity contribution in [2.24, 2.45) is 5.92 Å². The predicted octanol–water partition coefficient (Wildman–Crippen LogP) is 4.07. The molecule has 1 aromatic heterocycles. The van der Waals surface area contributed by atoms with Gasteiger partial charge in [-0.15, -0.1) is 0 Å². The highest BCUT2D eigenvalue weighted by atomic mass is 19.4. The van der Waals surface area contributed by atoms with Crippen LogP contribution in [0.25, 0.3) is 0 Å². The standard InChI is InChI=1S/C19H18F3NO4/c1-10-13(18(25)26)7-11(27-10)9-23(2)17(24)15-8-14(15)12-5-3-4-6-16(12)19(20,21)22/h3-7,14-15H,8-9H2,1-2H3,(H,25,26)/t14-,15-/m0/s1. The Morgan fingerprint density at radius 3 is 2.56 bits per heavy atom. The third-order valence-corrected chi connectivity index (χ3v) is 4.74. The van der Waals surface area contributed by atoms with E-state index in [0.717, 1.165) is 6.07 Å². The summed E-state index contributed by atoms with van der Waals surface area (Å²) in [6.07, 6.45) is -4.11. The van der Waals surface area contributed by atoms with E-state index in [1.807, 2.05) is 0 Å². The number of rotatable bonds is 5. The number of carboxylic acids is 1. The minimum absolute atomic E-state index is 0.0225. The molecule has 1 fully saturated rings. The van der Waals surface area contributed by atoms with E-state index in [2.05, 4.69) is 0 Å². The second kappa shape index (κ2) is 6.75. The van der Waals surface area contributed by atoms with Gasteiger partial charge in [-0.3, -0.25) is 4.79 Å². The van der Waals surface area contributed by atoms with Crippen molar-refractivity contribution < 1.29 is 32.3 Å². The van der Waals surface area contributed by atoms with Crippen LogP contribution in [-0.4, -0.2) is 28.9 Å². The number of amides is 1. The normalized spacial score (nSPS) is 19.0.